The first-order chi connectivity index (χ1) is 13.3. The van der Waals surface area contributed by atoms with E-state index in [0.717, 1.165) is 44.9 Å². The van der Waals surface area contributed by atoms with E-state index in [1.54, 1.807) is 11.3 Å². The molecule has 0 bridgehead atoms. The van der Waals surface area contributed by atoms with Crippen LogP contribution in [0.4, 0.5) is 5.82 Å². The fraction of sp³-hybridized carbons (Fsp3) is 0.476. The topological polar surface area (TPSA) is 27.0 Å². The van der Waals surface area contributed by atoms with Gasteiger partial charge in [0.05, 0.1) is 11.7 Å². The van der Waals surface area contributed by atoms with Crippen molar-refractivity contribution < 1.29 is 0 Å². The Bertz CT molecular complexity index is 897. The molecule has 2 fully saturated rings. The molecule has 0 radical (unpaired) electrons. The summed E-state index contributed by atoms with van der Waals surface area (Å²) in [5, 5.41) is 4.44. The van der Waals surface area contributed by atoms with Crippen molar-refractivity contribution in [1.29, 1.82) is 0 Å². The molecule has 1 atom stereocenters. The molecule has 0 spiro atoms. The summed E-state index contributed by atoms with van der Waals surface area (Å²) in [6.07, 6.45) is 4.86. The van der Waals surface area contributed by atoms with Crippen LogP contribution in [0, 0.1) is 0 Å². The Morgan fingerprint density at radius 1 is 1.11 bits per heavy atom. The number of hydrogen-bond acceptors (Lipinski definition) is 5. The Hall–Kier alpha value is -1.89. The molecule has 0 saturated carbocycles. The summed E-state index contributed by atoms with van der Waals surface area (Å²) in [6, 6.07) is 9.11. The van der Waals surface area contributed by atoms with Crippen molar-refractivity contribution in [3.63, 3.8) is 0 Å². The van der Waals surface area contributed by atoms with Gasteiger partial charge < -0.3 is 4.90 Å². The number of thiophene rings is 1. The lowest BCUT2D eigenvalue weighted by Crippen LogP contribution is -2.46. The van der Waals surface area contributed by atoms with Crippen LogP contribution in [0.25, 0.3) is 5.65 Å². The number of rotatable bonds is 4. The molecule has 6 heteroatoms. The molecule has 0 aromatic carbocycles. The molecule has 27 heavy (non-hydrogen) atoms. The zero-order valence-electron chi connectivity index (χ0n) is 15.9. The maximum absolute atomic E-state index is 5.02. The first-order valence-corrected chi connectivity index (χ1v) is 10.9. The van der Waals surface area contributed by atoms with Gasteiger partial charge in [0, 0.05) is 45.5 Å². The zero-order chi connectivity index (χ0) is 18.2. The van der Waals surface area contributed by atoms with Crippen molar-refractivity contribution in [2.45, 2.75) is 25.4 Å². The number of nitrogens with zero attached hydrogens (tertiary/aromatic N) is 5. The molecule has 0 aliphatic carbocycles. The first-order valence-electron chi connectivity index (χ1n) is 9.94. The Labute approximate surface area is 164 Å². The highest BCUT2D eigenvalue weighted by atomic mass is 32.1. The maximum Gasteiger partial charge on any atom is 0.138 e. The third-order valence-corrected chi connectivity index (χ3v) is 6.71. The lowest BCUT2D eigenvalue weighted by Gasteiger charge is -2.38. The highest BCUT2D eigenvalue weighted by Crippen LogP contribution is 2.28. The quantitative estimate of drug-likeness (QED) is 0.691. The summed E-state index contributed by atoms with van der Waals surface area (Å²) in [6.45, 7) is 6.60. The van der Waals surface area contributed by atoms with Crippen molar-refractivity contribution in [1.82, 2.24) is 19.2 Å². The number of hydrogen-bond donors (Lipinski definition) is 0. The lowest BCUT2D eigenvalue weighted by atomic mass is 10.1. The SMILES string of the molecule is CN1CCN(Cc2ccsc2)C[C@H]1c1cn2c(N3CCCC3)cccc2n1. The van der Waals surface area contributed by atoms with E-state index < -0.39 is 0 Å². The number of aromatic nitrogens is 2. The number of fused-ring (bicyclic) bond motifs is 1. The van der Waals surface area contributed by atoms with Crippen molar-refractivity contribution in [3.8, 4) is 0 Å². The second-order valence-electron chi connectivity index (χ2n) is 7.84. The van der Waals surface area contributed by atoms with E-state index in [1.807, 2.05) is 0 Å². The minimum absolute atomic E-state index is 0.351. The van der Waals surface area contributed by atoms with Crippen molar-refractivity contribution in [2.75, 3.05) is 44.7 Å². The molecule has 2 saturated heterocycles. The first kappa shape index (κ1) is 17.2. The van der Waals surface area contributed by atoms with E-state index in [9.17, 15) is 0 Å². The number of imidazole rings is 1. The van der Waals surface area contributed by atoms with Gasteiger partial charge in [-0.1, -0.05) is 6.07 Å². The number of anilines is 1. The minimum atomic E-state index is 0.351. The Balaban J connectivity index is 1.42. The Morgan fingerprint density at radius 2 is 2.00 bits per heavy atom. The van der Waals surface area contributed by atoms with Crippen LogP contribution in [0.3, 0.4) is 0 Å². The van der Waals surface area contributed by atoms with Gasteiger partial charge in [-0.05, 0) is 54.4 Å². The third kappa shape index (κ3) is 3.37. The monoisotopic (exact) mass is 381 g/mol. The van der Waals surface area contributed by atoms with E-state index in [4.69, 9.17) is 4.98 Å². The van der Waals surface area contributed by atoms with Crippen LogP contribution in [0.5, 0.6) is 0 Å². The van der Waals surface area contributed by atoms with Gasteiger partial charge in [-0.3, -0.25) is 14.2 Å². The molecule has 5 heterocycles. The molecular weight excluding hydrogens is 354 g/mol. The van der Waals surface area contributed by atoms with Gasteiger partial charge in [-0.2, -0.15) is 11.3 Å². The van der Waals surface area contributed by atoms with Gasteiger partial charge in [0.15, 0.2) is 0 Å². The van der Waals surface area contributed by atoms with Crippen LogP contribution in [0.2, 0.25) is 0 Å². The van der Waals surface area contributed by atoms with Crippen LogP contribution in [-0.4, -0.2) is 59.0 Å². The summed E-state index contributed by atoms with van der Waals surface area (Å²) in [7, 11) is 2.23. The average molecular weight is 382 g/mol. The van der Waals surface area contributed by atoms with Crippen molar-refractivity contribution in [3.05, 3.63) is 52.5 Å². The van der Waals surface area contributed by atoms with Gasteiger partial charge in [-0.15, -0.1) is 0 Å². The maximum atomic E-state index is 5.02. The molecule has 3 aromatic rings. The highest BCUT2D eigenvalue weighted by molar-refractivity contribution is 7.07. The molecule has 142 valence electrons. The second kappa shape index (κ2) is 7.26. The van der Waals surface area contributed by atoms with Gasteiger partial charge in [-0.25, -0.2) is 4.98 Å². The second-order valence-corrected chi connectivity index (χ2v) is 8.62. The largest absolute Gasteiger partial charge is 0.358 e. The molecule has 0 unspecified atom stereocenters. The minimum Gasteiger partial charge on any atom is -0.358 e. The standard InChI is InChI=1S/C21H27N5S/c1-23-10-11-24(13-17-7-12-27-16-17)15-19(23)18-14-26-20(22-18)5-4-6-21(26)25-8-2-3-9-25/h4-7,12,14,16,19H,2-3,8-11,13,15H2,1H3/t19-/m0/s1. The van der Waals surface area contributed by atoms with Gasteiger partial charge in [0.1, 0.15) is 11.5 Å². The van der Waals surface area contributed by atoms with E-state index >= 15 is 0 Å². The summed E-state index contributed by atoms with van der Waals surface area (Å²) in [4.78, 5) is 12.5. The molecule has 5 rings (SSSR count). The fourth-order valence-electron chi connectivity index (χ4n) is 4.41. The summed E-state index contributed by atoms with van der Waals surface area (Å²) in [5.41, 5.74) is 3.69. The van der Waals surface area contributed by atoms with Gasteiger partial charge in [0.2, 0.25) is 0 Å². The number of pyridine rings is 1. The summed E-state index contributed by atoms with van der Waals surface area (Å²) < 4.78 is 2.30. The molecular formula is C21H27N5S. The molecule has 3 aromatic heterocycles. The number of likely N-dealkylation sites (N-methyl/N-ethyl adjacent to an activating group) is 1. The van der Waals surface area contributed by atoms with Gasteiger partial charge in [0.25, 0.3) is 0 Å². The van der Waals surface area contributed by atoms with Crippen LogP contribution in [-0.2, 0) is 6.54 Å². The van der Waals surface area contributed by atoms with Crippen LogP contribution in [0.15, 0.2) is 41.2 Å². The third-order valence-electron chi connectivity index (χ3n) is 5.98. The highest BCUT2D eigenvalue weighted by Gasteiger charge is 2.28. The number of piperazine rings is 1. The van der Waals surface area contributed by atoms with E-state index in [2.05, 4.69) is 67.4 Å². The van der Waals surface area contributed by atoms with E-state index in [-0.39, 0.29) is 0 Å². The van der Waals surface area contributed by atoms with Crippen molar-refractivity contribution >= 4 is 22.8 Å². The predicted octanol–water partition coefficient (Wildman–Crippen LogP) is 3.48. The normalized spacial score (nSPS) is 22.1. The Kier molecular flexibility index (Phi) is 4.63. The fourth-order valence-corrected chi connectivity index (χ4v) is 5.07. The smallest absolute Gasteiger partial charge is 0.138 e. The summed E-state index contributed by atoms with van der Waals surface area (Å²) in [5.74, 6) is 1.29. The molecule has 2 aliphatic heterocycles. The van der Waals surface area contributed by atoms with Crippen LogP contribution >= 0.6 is 11.3 Å². The van der Waals surface area contributed by atoms with Gasteiger partial charge >= 0.3 is 0 Å². The van der Waals surface area contributed by atoms with E-state index in [0.29, 0.717) is 6.04 Å². The lowest BCUT2D eigenvalue weighted by molar-refractivity contribution is 0.0886. The van der Waals surface area contributed by atoms with Crippen LogP contribution < -0.4 is 4.90 Å². The molecule has 0 amide bonds. The molecule has 2 aliphatic rings. The average Bonchev–Trinajstić information content (AvgIpc) is 3.44. The van der Waals surface area contributed by atoms with Crippen LogP contribution in [0.1, 0.15) is 30.1 Å². The Morgan fingerprint density at radius 3 is 2.81 bits per heavy atom. The molecule has 0 N–H and O–H groups in total. The molecule has 5 nitrogen and oxygen atoms in total. The zero-order valence-corrected chi connectivity index (χ0v) is 16.7. The summed E-state index contributed by atoms with van der Waals surface area (Å²) >= 11 is 1.79. The van der Waals surface area contributed by atoms with Crippen molar-refractivity contribution in [2.24, 2.45) is 0 Å². The predicted molar refractivity (Wildman–Crippen MR) is 112 cm³/mol. The van der Waals surface area contributed by atoms with E-state index in [1.165, 1.54) is 29.9 Å².